The fourth-order valence-corrected chi connectivity index (χ4v) is 7.32. The number of aliphatic hydroxyl groups is 2. The molecule has 31 heavy (non-hydrogen) atoms. The SMILES string of the molecule is C[C@]12CC[C@H]3[C@@H](/C(=N\OCCCn4ccnc4)C=C4C[C@@H](O)CC[C@@]43C)[C@@H]1CC[C@@H]2O. The molecule has 5 rings (SSSR count). The minimum Gasteiger partial charge on any atom is -0.396 e. The molecule has 0 aromatic carbocycles. The first kappa shape index (κ1) is 21.2. The molecule has 0 amide bonds. The maximum Gasteiger partial charge on any atom is 0.118 e. The summed E-state index contributed by atoms with van der Waals surface area (Å²) in [7, 11) is 0. The summed E-state index contributed by atoms with van der Waals surface area (Å²) in [6.45, 7) is 6.16. The molecule has 1 aromatic heterocycles. The first-order valence-electron chi connectivity index (χ1n) is 12.1. The second-order valence-corrected chi connectivity index (χ2v) is 10.9. The van der Waals surface area contributed by atoms with Gasteiger partial charge < -0.3 is 19.6 Å². The quantitative estimate of drug-likeness (QED) is 0.551. The summed E-state index contributed by atoms with van der Waals surface area (Å²) in [6, 6.07) is 0. The molecule has 6 nitrogen and oxygen atoms in total. The molecule has 1 aromatic rings. The summed E-state index contributed by atoms with van der Waals surface area (Å²) in [4.78, 5) is 9.93. The number of aromatic nitrogens is 2. The average Bonchev–Trinajstić information content (AvgIpc) is 3.37. The smallest absolute Gasteiger partial charge is 0.118 e. The highest BCUT2D eigenvalue weighted by atomic mass is 16.6. The number of nitrogens with zero attached hydrogens (tertiary/aromatic N) is 3. The van der Waals surface area contributed by atoms with Gasteiger partial charge in [0.25, 0.3) is 0 Å². The van der Waals surface area contributed by atoms with Crippen molar-refractivity contribution in [1.29, 1.82) is 0 Å². The van der Waals surface area contributed by atoms with Gasteiger partial charge in [0.15, 0.2) is 0 Å². The van der Waals surface area contributed by atoms with Crippen molar-refractivity contribution in [1.82, 2.24) is 9.55 Å². The zero-order valence-corrected chi connectivity index (χ0v) is 18.9. The third-order valence-electron chi connectivity index (χ3n) is 9.27. The zero-order chi connectivity index (χ0) is 21.6. The van der Waals surface area contributed by atoms with Gasteiger partial charge in [0.05, 0.1) is 24.2 Å². The highest BCUT2D eigenvalue weighted by Crippen LogP contribution is 2.64. The molecule has 4 aliphatic rings. The number of fused-ring (bicyclic) bond motifs is 5. The number of aryl methyl sites for hydroxylation is 1. The number of rotatable bonds is 5. The van der Waals surface area contributed by atoms with Gasteiger partial charge in [0, 0.05) is 31.3 Å². The van der Waals surface area contributed by atoms with Crippen molar-refractivity contribution >= 4 is 5.71 Å². The Hall–Kier alpha value is -1.66. The summed E-state index contributed by atoms with van der Waals surface area (Å²) in [6.07, 6.45) is 15.1. The van der Waals surface area contributed by atoms with Gasteiger partial charge in [0.2, 0.25) is 0 Å². The lowest BCUT2D eigenvalue weighted by atomic mass is 9.47. The predicted octanol–water partition coefficient (Wildman–Crippen LogP) is 3.94. The molecule has 0 unspecified atom stereocenters. The van der Waals surface area contributed by atoms with Crippen LogP contribution in [0, 0.1) is 28.6 Å². The van der Waals surface area contributed by atoms with Gasteiger partial charge >= 0.3 is 0 Å². The normalized spacial score (nSPS) is 43.2. The van der Waals surface area contributed by atoms with E-state index >= 15 is 0 Å². The van der Waals surface area contributed by atoms with Crippen LogP contribution >= 0.6 is 0 Å². The van der Waals surface area contributed by atoms with Gasteiger partial charge in [-0.1, -0.05) is 24.6 Å². The van der Waals surface area contributed by atoms with Crippen LogP contribution in [-0.2, 0) is 11.4 Å². The first-order valence-corrected chi connectivity index (χ1v) is 12.1. The van der Waals surface area contributed by atoms with Crippen LogP contribution < -0.4 is 0 Å². The maximum absolute atomic E-state index is 10.8. The average molecular weight is 428 g/mol. The second kappa shape index (κ2) is 8.04. The molecular formula is C25H37N3O3. The molecule has 2 N–H and O–H groups in total. The fourth-order valence-electron chi connectivity index (χ4n) is 7.32. The molecule has 7 atom stereocenters. The van der Waals surface area contributed by atoms with E-state index in [9.17, 15) is 10.2 Å². The first-order chi connectivity index (χ1) is 14.9. The van der Waals surface area contributed by atoms with Crippen molar-refractivity contribution < 1.29 is 15.1 Å². The Labute approximate surface area is 185 Å². The molecule has 6 heteroatoms. The van der Waals surface area contributed by atoms with E-state index in [0.717, 1.165) is 63.6 Å². The van der Waals surface area contributed by atoms with Crippen LogP contribution in [0.25, 0.3) is 0 Å². The molecule has 170 valence electrons. The Morgan fingerprint density at radius 2 is 2.03 bits per heavy atom. The Bertz CT molecular complexity index is 850. The van der Waals surface area contributed by atoms with Crippen LogP contribution in [0.2, 0.25) is 0 Å². The molecule has 3 saturated carbocycles. The van der Waals surface area contributed by atoms with Gasteiger partial charge in [-0.3, -0.25) is 0 Å². The Morgan fingerprint density at radius 1 is 1.16 bits per heavy atom. The molecular weight excluding hydrogens is 390 g/mol. The Balaban J connectivity index is 1.40. The summed E-state index contributed by atoms with van der Waals surface area (Å²) in [5, 5.41) is 25.9. The van der Waals surface area contributed by atoms with E-state index in [1.165, 1.54) is 5.57 Å². The molecule has 0 bridgehead atoms. The third-order valence-corrected chi connectivity index (χ3v) is 9.27. The number of allylic oxidation sites excluding steroid dienone is 1. The summed E-state index contributed by atoms with van der Waals surface area (Å²) in [5.74, 6) is 1.32. The van der Waals surface area contributed by atoms with Crippen LogP contribution in [0.4, 0.5) is 0 Å². The lowest BCUT2D eigenvalue weighted by Gasteiger charge is -2.57. The van der Waals surface area contributed by atoms with Crippen LogP contribution in [0.15, 0.2) is 35.5 Å². The molecule has 1 heterocycles. The van der Waals surface area contributed by atoms with Crippen molar-refractivity contribution in [3.05, 3.63) is 30.4 Å². The lowest BCUT2D eigenvalue weighted by Crippen LogP contribution is -2.54. The van der Waals surface area contributed by atoms with Crippen LogP contribution in [-0.4, -0.2) is 44.3 Å². The third kappa shape index (κ3) is 3.56. The van der Waals surface area contributed by atoms with E-state index in [4.69, 9.17) is 9.99 Å². The highest BCUT2D eigenvalue weighted by molar-refractivity contribution is 5.99. The second-order valence-electron chi connectivity index (χ2n) is 10.9. The van der Waals surface area contributed by atoms with Crippen LogP contribution in [0.5, 0.6) is 0 Å². The molecule has 0 radical (unpaired) electrons. The van der Waals surface area contributed by atoms with E-state index in [2.05, 4.69) is 29.5 Å². The van der Waals surface area contributed by atoms with Crippen LogP contribution in [0.1, 0.15) is 65.2 Å². The summed E-state index contributed by atoms with van der Waals surface area (Å²) >= 11 is 0. The van der Waals surface area contributed by atoms with Gasteiger partial charge in [-0.05, 0) is 73.7 Å². The van der Waals surface area contributed by atoms with Crippen molar-refractivity contribution in [2.24, 2.45) is 33.7 Å². The van der Waals surface area contributed by atoms with Crippen molar-refractivity contribution in [3.63, 3.8) is 0 Å². The van der Waals surface area contributed by atoms with E-state index in [1.54, 1.807) is 6.20 Å². The summed E-state index contributed by atoms with van der Waals surface area (Å²) in [5.41, 5.74) is 2.54. The minimum absolute atomic E-state index is 0.0146. The molecule has 0 spiro atoms. The van der Waals surface area contributed by atoms with Gasteiger partial charge in [0.1, 0.15) is 6.61 Å². The number of imidazole rings is 1. The van der Waals surface area contributed by atoms with E-state index in [0.29, 0.717) is 24.4 Å². The monoisotopic (exact) mass is 427 g/mol. The van der Waals surface area contributed by atoms with Crippen molar-refractivity contribution in [2.45, 2.75) is 84.0 Å². The molecule has 0 saturated heterocycles. The number of hydrogen-bond donors (Lipinski definition) is 2. The Kier molecular flexibility index (Phi) is 5.50. The fraction of sp³-hybridized carbons (Fsp3) is 0.760. The summed E-state index contributed by atoms with van der Waals surface area (Å²) < 4.78 is 2.05. The number of hydrogen-bond acceptors (Lipinski definition) is 5. The molecule has 3 fully saturated rings. The lowest BCUT2D eigenvalue weighted by molar-refractivity contribution is -0.0495. The maximum atomic E-state index is 10.8. The predicted molar refractivity (Wildman–Crippen MR) is 119 cm³/mol. The largest absolute Gasteiger partial charge is 0.396 e. The van der Waals surface area contributed by atoms with E-state index < -0.39 is 0 Å². The molecule has 0 aliphatic heterocycles. The van der Waals surface area contributed by atoms with Gasteiger partial charge in [-0.25, -0.2) is 4.98 Å². The van der Waals surface area contributed by atoms with Crippen molar-refractivity contribution in [2.75, 3.05) is 6.61 Å². The highest BCUT2D eigenvalue weighted by Gasteiger charge is 2.60. The van der Waals surface area contributed by atoms with Gasteiger partial charge in [-0.15, -0.1) is 0 Å². The van der Waals surface area contributed by atoms with Gasteiger partial charge in [-0.2, -0.15) is 0 Å². The number of oxime groups is 1. The minimum atomic E-state index is -0.240. The van der Waals surface area contributed by atoms with Crippen molar-refractivity contribution in [3.8, 4) is 0 Å². The standard InChI is InChI=1S/C25H37N3O3/c1-24-8-6-18(29)14-17(24)15-21(27-31-13-3-11-28-12-10-26-16-28)23-19-4-5-22(30)25(19,2)9-7-20(23)24/h10,12,15-16,18-20,22-23,29-30H,3-9,11,13-14H2,1-2H3/b27-21-/t18-,19-,20-,22-,23-,24-,25-/m0/s1. The number of aliphatic hydroxyl groups excluding tert-OH is 2. The zero-order valence-electron chi connectivity index (χ0n) is 18.9. The topological polar surface area (TPSA) is 79.9 Å². The van der Waals surface area contributed by atoms with Crippen LogP contribution in [0.3, 0.4) is 0 Å². The van der Waals surface area contributed by atoms with E-state index in [-0.39, 0.29) is 23.0 Å². The van der Waals surface area contributed by atoms with E-state index in [1.807, 2.05) is 12.5 Å². The molecule has 4 aliphatic carbocycles. The Morgan fingerprint density at radius 3 is 2.84 bits per heavy atom.